The maximum atomic E-state index is 12.2. The van der Waals surface area contributed by atoms with Crippen molar-refractivity contribution in [3.05, 3.63) is 35.9 Å². The highest BCUT2D eigenvalue weighted by Crippen LogP contribution is 2.35. The van der Waals surface area contributed by atoms with Gasteiger partial charge >= 0.3 is 6.09 Å². The first-order chi connectivity index (χ1) is 15.0. The van der Waals surface area contributed by atoms with Crippen molar-refractivity contribution >= 4 is 17.9 Å². The molecular weight excluding hydrogens is 414 g/mol. The molecule has 0 heterocycles. The van der Waals surface area contributed by atoms with Crippen molar-refractivity contribution in [3.8, 4) is 0 Å². The number of benzene rings is 1. The zero-order chi connectivity index (χ0) is 22.5. The highest BCUT2D eigenvalue weighted by Gasteiger charge is 2.31. The van der Waals surface area contributed by atoms with E-state index in [-0.39, 0.29) is 19.4 Å². The van der Waals surface area contributed by atoms with Crippen LogP contribution < -0.4 is 5.32 Å². The number of hydrogen-bond donors (Lipinski definition) is 1. The van der Waals surface area contributed by atoms with Crippen LogP contribution in [0, 0.1) is 17.8 Å². The fourth-order valence-corrected chi connectivity index (χ4v) is 4.80. The van der Waals surface area contributed by atoms with Gasteiger partial charge in [-0.3, -0.25) is 0 Å². The number of alkyl carbamates (subject to hydrolysis) is 1. The summed E-state index contributed by atoms with van der Waals surface area (Å²) in [5.41, 5.74) is 0.953. The Balaban J connectivity index is 1.75. The molecule has 176 valence electrons. The molecule has 0 radical (unpaired) electrons. The summed E-state index contributed by atoms with van der Waals surface area (Å²) in [4.78, 5) is 12.2. The van der Waals surface area contributed by atoms with Crippen molar-refractivity contribution in [2.24, 2.45) is 17.8 Å². The Morgan fingerprint density at radius 1 is 1.23 bits per heavy atom. The summed E-state index contributed by atoms with van der Waals surface area (Å²) < 4.78 is 22.0. The van der Waals surface area contributed by atoms with Gasteiger partial charge in [-0.2, -0.15) is 0 Å². The van der Waals surface area contributed by atoms with Gasteiger partial charge in [-0.05, 0) is 36.2 Å². The second-order valence-corrected chi connectivity index (χ2v) is 9.68. The van der Waals surface area contributed by atoms with Crippen molar-refractivity contribution < 1.29 is 23.7 Å². The zero-order valence-electron chi connectivity index (χ0n) is 19.4. The Kier molecular flexibility index (Phi) is 12.3. The third-order valence-corrected chi connectivity index (χ3v) is 6.64. The summed E-state index contributed by atoms with van der Waals surface area (Å²) in [7, 11) is 1.58. The lowest BCUT2D eigenvalue weighted by Crippen LogP contribution is -2.40. The first kappa shape index (κ1) is 26.0. The molecule has 7 heteroatoms. The van der Waals surface area contributed by atoms with Crippen LogP contribution in [0.3, 0.4) is 0 Å². The second kappa shape index (κ2) is 14.7. The van der Waals surface area contributed by atoms with Gasteiger partial charge in [0.1, 0.15) is 13.4 Å². The highest BCUT2D eigenvalue weighted by atomic mass is 32.2. The van der Waals surface area contributed by atoms with Crippen LogP contribution in [-0.4, -0.2) is 50.4 Å². The zero-order valence-corrected chi connectivity index (χ0v) is 20.2. The molecule has 2 rings (SSSR count). The molecule has 0 bridgehead atoms. The molecule has 1 aromatic carbocycles. The quantitative estimate of drug-likeness (QED) is 0.332. The fourth-order valence-electron chi connectivity index (χ4n) is 3.97. The van der Waals surface area contributed by atoms with Crippen molar-refractivity contribution in [3.63, 3.8) is 0 Å². The molecule has 0 aromatic heterocycles. The van der Waals surface area contributed by atoms with Gasteiger partial charge in [-0.1, -0.05) is 57.5 Å². The molecule has 0 spiro atoms. The molecule has 1 aliphatic carbocycles. The average Bonchev–Trinajstić information content (AvgIpc) is 2.76. The van der Waals surface area contributed by atoms with Crippen molar-refractivity contribution in [2.45, 2.75) is 58.8 Å². The number of nitrogens with one attached hydrogen (secondary N) is 1. The van der Waals surface area contributed by atoms with Gasteiger partial charge in [0.05, 0.1) is 24.7 Å². The van der Waals surface area contributed by atoms with Gasteiger partial charge in [0, 0.05) is 12.9 Å². The lowest BCUT2D eigenvalue weighted by molar-refractivity contribution is -0.0361. The van der Waals surface area contributed by atoms with Crippen molar-refractivity contribution in [1.82, 2.24) is 5.32 Å². The number of carbonyl (C=O) groups is 1. The maximum absolute atomic E-state index is 12.2. The van der Waals surface area contributed by atoms with Crippen LogP contribution in [0.1, 0.15) is 45.6 Å². The average molecular weight is 454 g/mol. The van der Waals surface area contributed by atoms with Crippen LogP contribution in [0.5, 0.6) is 0 Å². The van der Waals surface area contributed by atoms with E-state index in [1.165, 1.54) is 12.8 Å². The van der Waals surface area contributed by atoms with Crippen molar-refractivity contribution in [1.29, 1.82) is 0 Å². The largest absolute Gasteiger partial charge is 0.445 e. The Bertz CT molecular complexity index is 615. The monoisotopic (exact) mass is 453 g/mol. The van der Waals surface area contributed by atoms with Gasteiger partial charge in [-0.15, -0.1) is 11.8 Å². The number of hydrogen-bond acceptors (Lipinski definition) is 6. The summed E-state index contributed by atoms with van der Waals surface area (Å²) in [5, 5.41) is 2.90. The van der Waals surface area contributed by atoms with Crippen LogP contribution in [-0.2, 0) is 25.6 Å². The van der Waals surface area contributed by atoms with Gasteiger partial charge in [0.2, 0.25) is 0 Å². The predicted molar refractivity (Wildman–Crippen MR) is 125 cm³/mol. The second-order valence-electron chi connectivity index (χ2n) is 8.70. The third-order valence-electron chi connectivity index (χ3n) is 5.70. The molecule has 1 saturated carbocycles. The summed E-state index contributed by atoms with van der Waals surface area (Å²) >= 11 is 1.67. The third kappa shape index (κ3) is 10.3. The standard InChI is InChI=1S/C24H39NO5S/c1-18(2)22-11-10-19(3)12-23(22)30-17-31-15-21(14-28-16-27-4)25-24(26)29-13-20-8-6-5-7-9-20/h5-9,18-19,21-23H,10-17H2,1-4H3,(H,25,26)/t19-,21-,22+,23-/m1/s1. The van der Waals surface area contributed by atoms with Gasteiger partial charge in [0.25, 0.3) is 0 Å². The van der Waals surface area contributed by atoms with E-state index < -0.39 is 6.09 Å². The Labute approximate surface area is 191 Å². The summed E-state index contributed by atoms with van der Waals surface area (Å²) in [5.74, 6) is 3.28. The first-order valence-electron chi connectivity index (χ1n) is 11.2. The molecule has 4 atom stereocenters. The lowest BCUT2D eigenvalue weighted by atomic mass is 9.75. The molecule has 1 fully saturated rings. The van der Waals surface area contributed by atoms with E-state index in [9.17, 15) is 4.79 Å². The molecule has 1 aromatic rings. The Morgan fingerprint density at radius 2 is 2.00 bits per heavy atom. The van der Waals surface area contributed by atoms with Gasteiger partial charge < -0.3 is 24.3 Å². The number of thioether (sulfide) groups is 1. The van der Waals surface area contributed by atoms with E-state index in [2.05, 4.69) is 26.1 Å². The lowest BCUT2D eigenvalue weighted by Gasteiger charge is -2.37. The van der Waals surface area contributed by atoms with E-state index in [0.717, 1.165) is 17.9 Å². The summed E-state index contributed by atoms with van der Waals surface area (Å²) in [6.45, 7) is 7.68. The van der Waals surface area contributed by atoms with Crippen molar-refractivity contribution in [2.75, 3.05) is 32.2 Å². The molecule has 31 heavy (non-hydrogen) atoms. The highest BCUT2D eigenvalue weighted by molar-refractivity contribution is 7.99. The first-order valence-corrected chi connectivity index (χ1v) is 12.4. The van der Waals surface area contributed by atoms with E-state index in [1.807, 2.05) is 30.3 Å². The predicted octanol–water partition coefficient (Wildman–Crippen LogP) is 5.07. The Hall–Kier alpha value is -1.28. The molecule has 0 saturated heterocycles. The molecule has 1 aliphatic rings. The summed E-state index contributed by atoms with van der Waals surface area (Å²) in [6, 6.07) is 9.45. The number of rotatable bonds is 13. The molecular formula is C24H39NO5S. The minimum Gasteiger partial charge on any atom is -0.445 e. The smallest absolute Gasteiger partial charge is 0.407 e. The maximum Gasteiger partial charge on any atom is 0.407 e. The van der Waals surface area contributed by atoms with E-state index in [4.69, 9.17) is 18.9 Å². The van der Waals surface area contributed by atoms with Crippen LogP contribution in [0.25, 0.3) is 0 Å². The van der Waals surface area contributed by atoms with Crippen LogP contribution in [0.2, 0.25) is 0 Å². The number of ether oxygens (including phenoxy) is 4. The van der Waals surface area contributed by atoms with Crippen LogP contribution in [0.15, 0.2) is 30.3 Å². The number of methoxy groups -OCH3 is 1. The normalized spacial score (nSPS) is 22.3. The molecule has 1 N–H and O–H groups in total. The minimum absolute atomic E-state index is 0.182. The number of amides is 1. The van der Waals surface area contributed by atoms with E-state index in [0.29, 0.717) is 36.2 Å². The van der Waals surface area contributed by atoms with Crippen LogP contribution in [0.4, 0.5) is 4.79 Å². The van der Waals surface area contributed by atoms with E-state index >= 15 is 0 Å². The number of carbonyl (C=O) groups excluding carboxylic acids is 1. The topological polar surface area (TPSA) is 66.0 Å². The van der Waals surface area contributed by atoms with Gasteiger partial charge in [0.15, 0.2) is 0 Å². The molecule has 6 nitrogen and oxygen atoms in total. The fraction of sp³-hybridized carbons (Fsp3) is 0.708. The van der Waals surface area contributed by atoms with Crippen LogP contribution >= 0.6 is 11.8 Å². The molecule has 1 amide bonds. The molecule has 0 aliphatic heterocycles. The molecule has 0 unspecified atom stereocenters. The SMILES string of the molecule is COCOC[C@H](CSCO[C@@H]1C[C@H](C)CC[C@H]1C(C)C)NC(=O)OCc1ccccc1. The summed E-state index contributed by atoms with van der Waals surface area (Å²) in [6.07, 6.45) is 3.55. The Morgan fingerprint density at radius 3 is 2.71 bits per heavy atom. The minimum atomic E-state index is -0.447. The van der Waals surface area contributed by atoms with E-state index in [1.54, 1.807) is 18.9 Å². The van der Waals surface area contributed by atoms with Gasteiger partial charge in [-0.25, -0.2) is 4.79 Å².